The minimum Gasteiger partial charge on any atom is -0.454 e. The first-order chi connectivity index (χ1) is 15.6. The summed E-state index contributed by atoms with van der Waals surface area (Å²) in [4.78, 5) is 6.80. The molecule has 1 saturated heterocycles. The Balaban J connectivity index is 0.00000306. The third kappa shape index (κ3) is 7.48. The van der Waals surface area contributed by atoms with Gasteiger partial charge in [0.15, 0.2) is 17.5 Å². The zero-order chi connectivity index (χ0) is 22.3. The van der Waals surface area contributed by atoms with Gasteiger partial charge in [-0.05, 0) is 49.1 Å². The van der Waals surface area contributed by atoms with Crippen LogP contribution < -0.4 is 20.1 Å². The number of nitrogens with zero attached hydrogens (tertiary/aromatic N) is 2. The Morgan fingerprint density at radius 2 is 1.61 bits per heavy atom. The minimum absolute atomic E-state index is 0. The molecule has 33 heavy (non-hydrogen) atoms. The van der Waals surface area contributed by atoms with Crippen LogP contribution in [0.5, 0.6) is 11.5 Å². The Morgan fingerprint density at radius 3 is 2.33 bits per heavy atom. The summed E-state index contributed by atoms with van der Waals surface area (Å²) in [6, 6.07) is 14.9. The van der Waals surface area contributed by atoms with E-state index in [2.05, 4.69) is 64.7 Å². The second-order valence-electron chi connectivity index (χ2n) is 8.56. The summed E-state index contributed by atoms with van der Waals surface area (Å²) in [5, 5.41) is 6.77. The fourth-order valence-electron chi connectivity index (χ4n) is 4.26. The number of rotatable bonds is 7. The number of guanidine groups is 1. The van der Waals surface area contributed by atoms with Gasteiger partial charge in [0, 0.05) is 39.8 Å². The van der Waals surface area contributed by atoms with Gasteiger partial charge in [-0.1, -0.05) is 30.3 Å². The molecule has 7 nitrogen and oxygen atoms in total. The monoisotopic (exact) mass is 566 g/mol. The molecule has 0 aliphatic carbocycles. The predicted octanol–water partition coefficient (Wildman–Crippen LogP) is 3.55. The van der Waals surface area contributed by atoms with Crippen LogP contribution in [0.3, 0.4) is 0 Å². The summed E-state index contributed by atoms with van der Waals surface area (Å²) >= 11 is 0. The van der Waals surface area contributed by atoms with Crippen molar-refractivity contribution in [3.8, 4) is 11.5 Å². The first-order valence-electron chi connectivity index (χ1n) is 11.4. The van der Waals surface area contributed by atoms with Gasteiger partial charge < -0.3 is 24.8 Å². The van der Waals surface area contributed by atoms with Gasteiger partial charge in [-0.3, -0.25) is 9.89 Å². The fraction of sp³-hybridized carbons (Fsp3) is 0.480. The molecule has 0 radical (unpaired) electrons. The van der Waals surface area contributed by atoms with Crippen LogP contribution in [0.15, 0.2) is 47.5 Å². The lowest BCUT2D eigenvalue weighted by atomic mass is 10.1. The highest BCUT2D eigenvalue weighted by Crippen LogP contribution is 2.32. The number of benzene rings is 2. The van der Waals surface area contributed by atoms with Crippen LogP contribution in [-0.4, -0.2) is 56.5 Å². The van der Waals surface area contributed by atoms with Gasteiger partial charge in [-0.15, -0.1) is 24.0 Å². The average molecular weight is 566 g/mol. The Hall–Kier alpha value is -2.04. The van der Waals surface area contributed by atoms with Crippen LogP contribution in [0.1, 0.15) is 30.5 Å². The molecule has 2 aliphatic rings. The van der Waals surface area contributed by atoms with E-state index in [4.69, 9.17) is 14.2 Å². The first kappa shape index (κ1) is 25.6. The Labute approximate surface area is 213 Å². The molecule has 1 fully saturated rings. The van der Waals surface area contributed by atoms with E-state index in [0.717, 1.165) is 56.6 Å². The van der Waals surface area contributed by atoms with Gasteiger partial charge in [0.2, 0.25) is 6.79 Å². The highest BCUT2D eigenvalue weighted by molar-refractivity contribution is 14.0. The standard InChI is InChI=1S/C25H34N4O3.HI/c1-18-14-29(15-19(2)32-18)16-22-6-4-21(5-7-22)13-28-25(26-3)27-11-10-20-8-9-23-24(12-20)31-17-30-23;/h4-9,12,18-19H,10-11,13-17H2,1-3H3,(H2,26,27,28);1H. The third-order valence-corrected chi connectivity index (χ3v) is 5.75. The molecule has 2 aromatic carbocycles. The molecule has 0 amide bonds. The van der Waals surface area contributed by atoms with Crippen LogP contribution >= 0.6 is 24.0 Å². The minimum atomic E-state index is 0. The van der Waals surface area contributed by atoms with Crippen molar-refractivity contribution in [2.24, 2.45) is 4.99 Å². The molecule has 0 aromatic heterocycles. The van der Waals surface area contributed by atoms with Gasteiger partial charge in [0.25, 0.3) is 0 Å². The van der Waals surface area contributed by atoms with Crippen LogP contribution in [0.2, 0.25) is 0 Å². The van der Waals surface area contributed by atoms with Crippen LogP contribution in [0, 0.1) is 0 Å². The van der Waals surface area contributed by atoms with E-state index in [9.17, 15) is 0 Å². The van der Waals surface area contributed by atoms with Crippen molar-refractivity contribution < 1.29 is 14.2 Å². The van der Waals surface area contributed by atoms with E-state index >= 15 is 0 Å². The van der Waals surface area contributed by atoms with Crippen molar-refractivity contribution in [2.45, 2.75) is 45.6 Å². The van der Waals surface area contributed by atoms with E-state index < -0.39 is 0 Å². The van der Waals surface area contributed by atoms with Gasteiger partial charge in [0.05, 0.1) is 12.2 Å². The lowest BCUT2D eigenvalue weighted by Crippen LogP contribution is -2.44. The van der Waals surface area contributed by atoms with Gasteiger partial charge in [0.1, 0.15) is 0 Å². The molecule has 0 spiro atoms. The number of nitrogens with one attached hydrogen (secondary N) is 2. The van der Waals surface area contributed by atoms with Crippen LogP contribution in [0.4, 0.5) is 0 Å². The van der Waals surface area contributed by atoms with Crippen molar-refractivity contribution >= 4 is 29.9 Å². The lowest BCUT2D eigenvalue weighted by Gasteiger charge is -2.35. The molecule has 8 heteroatoms. The van der Waals surface area contributed by atoms with Crippen molar-refractivity contribution in [3.05, 3.63) is 59.2 Å². The Bertz CT molecular complexity index is 912. The molecule has 2 unspecified atom stereocenters. The smallest absolute Gasteiger partial charge is 0.231 e. The van der Waals surface area contributed by atoms with Crippen molar-refractivity contribution in [3.63, 3.8) is 0 Å². The molecule has 2 aliphatic heterocycles. The zero-order valence-electron chi connectivity index (χ0n) is 19.7. The number of ether oxygens (including phenoxy) is 3. The summed E-state index contributed by atoms with van der Waals surface area (Å²) in [6.07, 6.45) is 1.48. The first-order valence-corrected chi connectivity index (χ1v) is 11.4. The summed E-state index contributed by atoms with van der Waals surface area (Å²) in [5.74, 6) is 2.44. The third-order valence-electron chi connectivity index (χ3n) is 5.75. The molecular weight excluding hydrogens is 531 g/mol. The van der Waals surface area contributed by atoms with Crippen molar-refractivity contribution in [1.29, 1.82) is 0 Å². The molecule has 0 bridgehead atoms. The topological polar surface area (TPSA) is 67.4 Å². The predicted molar refractivity (Wildman–Crippen MR) is 142 cm³/mol. The molecule has 4 rings (SSSR count). The van der Waals surface area contributed by atoms with Crippen LogP contribution in [0.25, 0.3) is 0 Å². The highest BCUT2D eigenvalue weighted by Gasteiger charge is 2.22. The van der Waals surface area contributed by atoms with Crippen molar-refractivity contribution in [1.82, 2.24) is 15.5 Å². The van der Waals surface area contributed by atoms with E-state index in [1.54, 1.807) is 7.05 Å². The maximum atomic E-state index is 5.83. The van der Waals surface area contributed by atoms with E-state index in [-0.39, 0.29) is 24.0 Å². The summed E-state index contributed by atoms with van der Waals surface area (Å²) < 4.78 is 16.6. The van der Waals surface area contributed by atoms with Gasteiger partial charge in [-0.2, -0.15) is 0 Å². The Kier molecular flexibility index (Phi) is 9.64. The number of hydrogen-bond donors (Lipinski definition) is 2. The molecule has 2 aromatic rings. The van der Waals surface area contributed by atoms with E-state index in [1.165, 1.54) is 16.7 Å². The zero-order valence-corrected chi connectivity index (χ0v) is 22.0. The number of fused-ring (bicyclic) bond motifs is 1. The summed E-state index contributed by atoms with van der Waals surface area (Å²) in [6.45, 7) is 9.06. The molecular formula is C25H35IN4O3. The largest absolute Gasteiger partial charge is 0.454 e. The number of hydrogen-bond acceptors (Lipinski definition) is 5. The molecule has 0 saturated carbocycles. The van der Waals surface area contributed by atoms with E-state index in [1.807, 2.05) is 12.1 Å². The fourth-order valence-corrected chi connectivity index (χ4v) is 4.26. The Morgan fingerprint density at radius 1 is 0.939 bits per heavy atom. The van der Waals surface area contributed by atoms with Crippen LogP contribution in [-0.2, 0) is 24.2 Å². The van der Waals surface area contributed by atoms with Gasteiger partial charge in [-0.25, -0.2) is 0 Å². The second kappa shape index (κ2) is 12.4. The van der Waals surface area contributed by atoms with Gasteiger partial charge >= 0.3 is 0 Å². The molecule has 2 heterocycles. The molecule has 2 N–H and O–H groups in total. The summed E-state index contributed by atoms with van der Waals surface area (Å²) in [5.41, 5.74) is 3.77. The second-order valence-corrected chi connectivity index (χ2v) is 8.56. The number of aliphatic imine (C=N–C) groups is 1. The number of halogens is 1. The normalized spacial score (nSPS) is 20.3. The van der Waals surface area contributed by atoms with E-state index in [0.29, 0.717) is 19.0 Å². The quantitative estimate of drug-likeness (QED) is 0.304. The van der Waals surface area contributed by atoms with Crippen molar-refractivity contribution in [2.75, 3.05) is 33.5 Å². The summed E-state index contributed by atoms with van der Waals surface area (Å²) in [7, 11) is 1.79. The molecule has 2 atom stereocenters. The maximum absolute atomic E-state index is 5.83. The highest BCUT2D eigenvalue weighted by atomic mass is 127. The number of morpholine rings is 1. The SMILES string of the molecule is CN=C(NCCc1ccc2c(c1)OCO2)NCc1ccc(CN2CC(C)OC(C)C2)cc1.I. The lowest BCUT2D eigenvalue weighted by molar-refractivity contribution is -0.0704. The maximum Gasteiger partial charge on any atom is 0.231 e. The average Bonchev–Trinajstić information content (AvgIpc) is 3.24. The molecule has 180 valence electrons.